The van der Waals surface area contributed by atoms with Crippen LogP contribution in [0.25, 0.3) is 0 Å². The molecule has 1 amide bonds. The minimum Gasteiger partial charge on any atom is -0.377 e. The second-order valence-electron chi connectivity index (χ2n) is 3.96. The highest BCUT2D eigenvalue weighted by atomic mass is 35.5. The largest absolute Gasteiger partial charge is 0.377 e. The molecule has 0 aliphatic carbocycles. The summed E-state index contributed by atoms with van der Waals surface area (Å²) in [5, 5.41) is 2.93. The summed E-state index contributed by atoms with van der Waals surface area (Å²) < 4.78 is 5.48. The van der Waals surface area contributed by atoms with Crippen molar-refractivity contribution in [3.8, 4) is 0 Å². The lowest BCUT2D eigenvalue weighted by Crippen LogP contribution is -2.37. The molecule has 1 heterocycles. The van der Waals surface area contributed by atoms with Crippen molar-refractivity contribution in [1.82, 2.24) is 5.32 Å². The van der Waals surface area contributed by atoms with E-state index in [2.05, 4.69) is 5.32 Å². The third-order valence-electron chi connectivity index (χ3n) is 2.89. The van der Waals surface area contributed by atoms with Gasteiger partial charge in [-0.15, -0.1) is 11.6 Å². The number of hydrogen-bond acceptors (Lipinski definition) is 2. The number of alkyl halides is 1. The summed E-state index contributed by atoms with van der Waals surface area (Å²) in [5.74, 6) is 0.120. The number of nitrogens with one attached hydrogen (secondary N) is 1. The Labute approximate surface area is 96.5 Å². The van der Waals surface area contributed by atoms with E-state index in [1.54, 1.807) is 0 Å². The molecule has 88 valence electrons. The Morgan fingerprint density at radius 1 is 1.60 bits per heavy atom. The first-order valence-corrected chi connectivity index (χ1v) is 6.16. The third kappa shape index (κ3) is 3.65. The van der Waals surface area contributed by atoms with Gasteiger partial charge in [0.05, 0.1) is 17.4 Å². The van der Waals surface area contributed by atoms with E-state index in [9.17, 15) is 4.79 Å². The van der Waals surface area contributed by atoms with Crippen LogP contribution in [0.15, 0.2) is 0 Å². The van der Waals surface area contributed by atoms with Gasteiger partial charge in [0.25, 0.3) is 0 Å². The van der Waals surface area contributed by atoms with Crippen molar-refractivity contribution < 1.29 is 9.53 Å². The van der Waals surface area contributed by atoms with E-state index < -0.39 is 0 Å². The zero-order valence-corrected chi connectivity index (χ0v) is 10.2. The molecule has 1 fully saturated rings. The Hall–Kier alpha value is -0.280. The number of ether oxygens (including phenoxy) is 1. The summed E-state index contributed by atoms with van der Waals surface area (Å²) in [4.78, 5) is 11.8. The van der Waals surface area contributed by atoms with Gasteiger partial charge in [0, 0.05) is 13.2 Å². The molecule has 4 heteroatoms. The first-order chi connectivity index (χ1) is 7.19. The fourth-order valence-corrected chi connectivity index (χ4v) is 1.91. The monoisotopic (exact) mass is 233 g/mol. The Morgan fingerprint density at radius 2 is 2.33 bits per heavy atom. The van der Waals surface area contributed by atoms with E-state index in [0.29, 0.717) is 13.2 Å². The van der Waals surface area contributed by atoms with E-state index in [1.807, 2.05) is 13.8 Å². The van der Waals surface area contributed by atoms with Crippen LogP contribution in [0.3, 0.4) is 0 Å². The molecule has 3 unspecified atom stereocenters. The predicted octanol–water partition coefficient (Wildman–Crippen LogP) is 1.94. The summed E-state index contributed by atoms with van der Waals surface area (Å²) in [7, 11) is 0. The molecule has 0 aromatic carbocycles. The molecular formula is C11H20ClNO2. The van der Waals surface area contributed by atoms with Gasteiger partial charge in [-0.2, -0.15) is 0 Å². The molecular weight excluding hydrogens is 214 g/mol. The molecule has 0 aromatic heterocycles. The molecule has 1 saturated heterocycles. The lowest BCUT2D eigenvalue weighted by atomic mass is 9.99. The number of amides is 1. The van der Waals surface area contributed by atoms with Crippen molar-refractivity contribution in [2.75, 3.05) is 13.2 Å². The highest BCUT2D eigenvalue weighted by Gasteiger charge is 2.32. The van der Waals surface area contributed by atoms with Crippen LogP contribution in [-0.4, -0.2) is 30.5 Å². The van der Waals surface area contributed by atoms with Crippen LogP contribution in [0.1, 0.15) is 33.1 Å². The number of rotatable bonds is 5. The van der Waals surface area contributed by atoms with Gasteiger partial charge in [0.1, 0.15) is 0 Å². The van der Waals surface area contributed by atoms with Crippen LogP contribution in [-0.2, 0) is 9.53 Å². The van der Waals surface area contributed by atoms with Gasteiger partial charge in [0.15, 0.2) is 0 Å². The topological polar surface area (TPSA) is 38.3 Å². The maximum absolute atomic E-state index is 11.8. The van der Waals surface area contributed by atoms with Crippen molar-refractivity contribution in [3.05, 3.63) is 0 Å². The van der Waals surface area contributed by atoms with Crippen LogP contribution in [0, 0.1) is 5.92 Å². The summed E-state index contributed by atoms with van der Waals surface area (Å²) in [6.07, 6.45) is 2.71. The molecule has 1 aliphatic rings. The van der Waals surface area contributed by atoms with E-state index in [0.717, 1.165) is 19.3 Å². The molecule has 0 aromatic rings. The molecule has 0 spiro atoms. The van der Waals surface area contributed by atoms with Crippen molar-refractivity contribution in [1.29, 1.82) is 0 Å². The second-order valence-corrected chi connectivity index (χ2v) is 4.58. The summed E-state index contributed by atoms with van der Waals surface area (Å²) in [6, 6.07) is 0. The van der Waals surface area contributed by atoms with Crippen molar-refractivity contribution >= 4 is 17.5 Å². The molecule has 3 nitrogen and oxygen atoms in total. The van der Waals surface area contributed by atoms with E-state index >= 15 is 0 Å². The Bertz CT molecular complexity index is 211. The predicted molar refractivity (Wildman–Crippen MR) is 61.1 cm³/mol. The number of hydrogen-bond donors (Lipinski definition) is 1. The minimum atomic E-state index is 0.0238. The van der Waals surface area contributed by atoms with Crippen LogP contribution in [0.2, 0.25) is 0 Å². The standard InChI is InChI=1S/C11H20ClNO2/c1-3-8(12)7-13-11(14)9-5-6-15-10(9)4-2/h8-10H,3-7H2,1-2H3,(H,13,14). The SMILES string of the molecule is CCC(Cl)CNC(=O)C1CCOC1CC. The molecule has 15 heavy (non-hydrogen) atoms. The number of halogens is 1. The van der Waals surface area contributed by atoms with Gasteiger partial charge < -0.3 is 10.1 Å². The van der Waals surface area contributed by atoms with E-state index in [4.69, 9.17) is 16.3 Å². The average molecular weight is 234 g/mol. The molecule has 1 aliphatic heterocycles. The fraction of sp³-hybridized carbons (Fsp3) is 0.909. The lowest BCUT2D eigenvalue weighted by Gasteiger charge is -2.17. The van der Waals surface area contributed by atoms with E-state index in [1.165, 1.54) is 0 Å². The molecule has 0 bridgehead atoms. The Balaban J connectivity index is 2.33. The first-order valence-electron chi connectivity index (χ1n) is 5.72. The Kier molecular flexibility index (Phi) is 5.40. The van der Waals surface area contributed by atoms with Gasteiger partial charge in [-0.25, -0.2) is 0 Å². The number of carbonyl (C=O) groups is 1. The van der Waals surface area contributed by atoms with Gasteiger partial charge in [-0.3, -0.25) is 4.79 Å². The average Bonchev–Trinajstić information content (AvgIpc) is 2.73. The highest BCUT2D eigenvalue weighted by molar-refractivity contribution is 6.20. The van der Waals surface area contributed by atoms with Crippen LogP contribution < -0.4 is 5.32 Å². The van der Waals surface area contributed by atoms with Crippen molar-refractivity contribution in [3.63, 3.8) is 0 Å². The summed E-state index contributed by atoms with van der Waals surface area (Å²) in [5.41, 5.74) is 0. The molecule has 0 radical (unpaired) electrons. The Morgan fingerprint density at radius 3 is 2.93 bits per heavy atom. The van der Waals surface area contributed by atoms with Gasteiger partial charge in [-0.05, 0) is 19.3 Å². The zero-order chi connectivity index (χ0) is 11.3. The van der Waals surface area contributed by atoms with Crippen molar-refractivity contribution in [2.24, 2.45) is 5.92 Å². The van der Waals surface area contributed by atoms with Crippen molar-refractivity contribution in [2.45, 2.75) is 44.6 Å². The van der Waals surface area contributed by atoms with E-state index in [-0.39, 0.29) is 23.3 Å². The molecule has 1 rings (SSSR count). The summed E-state index contributed by atoms with van der Waals surface area (Å²) >= 11 is 5.94. The number of carbonyl (C=O) groups excluding carboxylic acids is 1. The van der Waals surface area contributed by atoms with Gasteiger partial charge >= 0.3 is 0 Å². The van der Waals surface area contributed by atoms with Crippen LogP contribution in [0.4, 0.5) is 0 Å². The van der Waals surface area contributed by atoms with Gasteiger partial charge in [0.2, 0.25) is 5.91 Å². The molecule has 0 saturated carbocycles. The molecule has 1 N–H and O–H groups in total. The van der Waals surface area contributed by atoms with Crippen LogP contribution in [0.5, 0.6) is 0 Å². The fourth-order valence-electron chi connectivity index (χ4n) is 1.84. The third-order valence-corrected chi connectivity index (χ3v) is 3.35. The van der Waals surface area contributed by atoms with Gasteiger partial charge in [-0.1, -0.05) is 13.8 Å². The zero-order valence-electron chi connectivity index (χ0n) is 9.46. The molecule has 3 atom stereocenters. The maximum atomic E-state index is 11.8. The lowest BCUT2D eigenvalue weighted by molar-refractivity contribution is -0.126. The highest BCUT2D eigenvalue weighted by Crippen LogP contribution is 2.23. The second kappa shape index (κ2) is 6.33. The van der Waals surface area contributed by atoms with Crippen LogP contribution >= 0.6 is 11.6 Å². The minimum absolute atomic E-state index is 0.0238. The smallest absolute Gasteiger partial charge is 0.225 e. The first kappa shape index (κ1) is 12.8. The quantitative estimate of drug-likeness (QED) is 0.737. The normalized spacial score (nSPS) is 27.7. The maximum Gasteiger partial charge on any atom is 0.225 e. The summed E-state index contributed by atoms with van der Waals surface area (Å²) in [6.45, 7) is 5.32.